The molecule has 5 heteroatoms. The third-order valence-corrected chi connectivity index (χ3v) is 4.30. The molecule has 0 saturated carbocycles. The van der Waals surface area contributed by atoms with Crippen molar-refractivity contribution in [2.45, 2.75) is 32.2 Å². The van der Waals surface area contributed by atoms with Crippen molar-refractivity contribution in [3.63, 3.8) is 0 Å². The van der Waals surface area contributed by atoms with Crippen LogP contribution in [0.2, 0.25) is 0 Å². The molecule has 1 aromatic heterocycles. The van der Waals surface area contributed by atoms with E-state index in [1.54, 1.807) is 12.1 Å². The zero-order valence-electron chi connectivity index (χ0n) is 12.6. The SMILES string of the molecule is CC(C)c1ccc([C@H](CC(=O)O)NC(=O)c2cccs2)cc1. The molecule has 0 aliphatic heterocycles. The Morgan fingerprint density at radius 2 is 1.77 bits per heavy atom. The average molecular weight is 317 g/mol. The predicted octanol–water partition coefficient (Wildman–Crippen LogP) is 3.82. The van der Waals surface area contributed by atoms with Gasteiger partial charge in [-0.25, -0.2) is 0 Å². The largest absolute Gasteiger partial charge is 0.481 e. The number of carboxylic acid groups (broad SMARTS) is 1. The normalized spacial score (nSPS) is 12.1. The Balaban J connectivity index is 2.18. The molecular weight excluding hydrogens is 298 g/mol. The maximum absolute atomic E-state index is 12.2. The van der Waals surface area contributed by atoms with E-state index in [0.717, 1.165) is 5.56 Å². The van der Waals surface area contributed by atoms with Gasteiger partial charge >= 0.3 is 5.97 Å². The van der Waals surface area contributed by atoms with Crippen LogP contribution in [0.1, 0.15) is 53.0 Å². The van der Waals surface area contributed by atoms with E-state index < -0.39 is 12.0 Å². The number of hydrogen-bond acceptors (Lipinski definition) is 3. The first-order chi connectivity index (χ1) is 10.5. The summed E-state index contributed by atoms with van der Waals surface area (Å²) in [5.74, 6) is -0.772. The Labute approximate surface area is 133 Å². The molecule has 0 radical (unpaired) electrons. The van der Waals surface area contributed by atoms with Crippen LogP contribution >= 0.6 is 11.3 Å². The van der Waals surface area contributed by atoms with E-state index in [-0.39, 0.29) is 12.3 Å². The van der Waals surface area contributed by atoms with Crippen LogP contribution in [0.4, 0.5) is 0 Å². The molecule has 1 amide bonds. The highest BCUT2D eigenvalue weighted by Crippen LogP contribution is 2.22. The number of benzene rings is 1. The first-order valence-corrected chi connectivity index (χ1v) is 8.01. The molecular formula is C17H19NO3S. The van der Waals surface area contributed by atoms with E-state index in [4.69, 9.17) is 5.11 Å². The van der Waals surface area contributed by atoms with Gasteiger partial charge in [-0.1, -0.05) is 44.2 Å². The Bertz CT molecular complexity index is 632. The molecule has 116 valence electrons. The van der Waals surface area contributed by atoms with Gasteiger partial charge in [0.1, 0.15) is 0 Å². The van der Waals surface area contributed by atoms with Crippen molar-refractivity contribution in [3.8, 4) is 0 Å². The van der Waals surface area contributed by atoms with Crippen molar-refractivity contribution in [2.24, 2.45) is 0 Å². The first-order valence-electron chi connectivity index (χ1n) is 7.13. The van der Waals surface area contributed by atoms with Gasteiger partial charge in [-0.2, -0.15) is 0 Å². The molecule has 0 spiro atoms. The number of carboxylic acids is 1. The molecule has 0 bridgehead atoms. The third kappa shape index (κ3) is 4.18. The van der Waals surface area contributed by atoms with Crippen LogP contribution < -0.4 is 5.32 Å². The molecule has 1 aromatic carbocycles. The highest BCUT2D eigenvalue weighted by Gasteiger charge is 2.19. The van der Waals surface area contributed by atoms with Crippen LogP contribution in [0, 0.1) is 0 Å². The van der Waals surface area contributed by atoms with Gasteiger partial charge in [0.15, 0.2) is 0 Å². The average Bonchev–Trinajstić information content (AvgIpc) is 3.00. The number of hydrogen-bond donors (Lipinski definition) is 2. The van der Waals surface area contributed by atoms with Crippen molar-refractivity contribution in [3.05, 3.63) is 57.8 Å². The summed E-state index contributed by atoms with van der Waals surface area (Å²) in [6.45, 7) is 4.20. The Morgan fingerprint density at radius 3 is 2.27 bits per heavy atom. The molecule has 0 fully saturated rings. The molecule has 0 saturated heterocycles. The lowest BCUT2D eigenvalue weighted by atomic mass is 9.97. The van der Waals surface area contributed by atoms with Crippen molar-refractivity contribution < 1.29 is 14.7 Å². The Hall–Kier alpha value is -2.14. The molecule has 1 heterocycles. The lowest BCUT2D eigenvalue weighted by Crippen LogP contribution is -2.29. The van der Waals surface area contributed by atoms with E-state index in [9.17, 15) is 9.59 Å². The van der Waals surface area contributed by atoms with Gasteiger partial charge in [0.05, 0.1) is 17.3 Å². The van der Waals surface area contributed by atoms with Crippen LogP contribution in [0.15, 0.2) is 41.8 Å². The fraction of sp³-hybridized carbons (Fsp3) is 0.294. The summed E-state index contributed by atoms with van der Waals surface area (Å²) in [4.78, 5) is 23.8. The van der Waals surface area contributed by atoms with E-state index >= 15 is 0 Å². The van der Waals surface area contributed by atoms with Crippen molar-refractivity contribution >= 4 is 23.2 Å². The molecule has 1 atom stereocenters. The number of carbonyl (C=O) groups is 2. The standard InChI is InChI=1S/C17H19NO3S/c1-11(2)12-5-7-13(8-6-12)14(10-16(19)20)18-17(21)15-4-3-9-22-15/h3-9,11,14H,10H2,1-2H3,(H,18,21)(H,19,20)/t14-/m0/s1. The fourth-order valence-electron chi connectivity index (χ4n) is 2.18. The second kappa shape index (κ2) is 7.22. The number of carbonyl (C=O) groups excluding carboxylic acids is 1. The van der Waals surface area contributed by atoms with Crippen LogP contribution in [-0.2, 0) is 4.79 Å². The smallest absolute Gasteiger partial charge is 0.305 e. The predicted molar refractivity (Wildman–Crippen MR) is 87.3 cm³/mol. The number of thiophene rings is 1. The zero-order valence-corrected chi connectivity index (χ0v) is 13.4. The van der Waals surface area contributed by atoms with Gasteiger partial charge in [-0.3, -0.25) is 9.59 Å². The molecule has 4 nitrogen and oxygen atoms in total. The first kappa shape index (κ1) is 16.2. The molecule has 22 heavy (non-hydrogen) atoms. The molecule has 2 N–H and O–H groups in total. The summed E-state index contributed by atoms with van der Waals surface area (Å²) < 4.78 is 0. The molecule has 0 unspecified atom stereocenters. The number of aliphatic carboxylic acids is 1. The second-order valence-electron chi connectivity index (χ2n) is 5.42. The molecule has 0 aliphatic rings. The monoisotopic (exact) mass is 317 g/mol. The molecule has 2 aromatic rings. The van der Waals surface area contributed by atoms with Crippen LogP contribution in [-0.4, -0.2) is 17.0 Å². The minimum Gasteiger partial charge on any atom is -0.481 e. The van der Waals surface area contributed by atoms with Crippen LogP contribution in [0.25, 0.3) is 0 Å². The molecule has 2 rings (SSSR count). The molecule has 0 aliphatic carbocycles. The minimum atomic E-state index is -0.940. The Morgan fingerprint density at radius 1 is 1.14 bits per heavy atom. The van der Waals surface area contributed by atoms with Crippen LogP contribution in [0.3, 0.4) is 0 Å². The zero-order chi connectivity index (χ0) is 16.1. The Kier molecular flexibility index (Phi) is 5.33. The highest BCUT2D eigenvalue weighted by molar-refractivity contribution is 7.12. The van der Waals surface area contributed by atoms with E-state index in [1.165, 1.54) is 16.9 Å². The second-order valence-corrected chi connectivity index (χ2v) is 6.37. The minimum absolute atomic E-state index is 0.141. The fourth-order valence-corrected chi connectivity index (χ4v) is 2.80. The van der Waals surface area contributed by atoms with Gasteiger partial charge < -0.3 is 10.4 Å². The third-order valence-electron chi connectivity index (χ3n) is 3.43. The van der Waals surface area contributed by atoms with Gasteiger partial charge in [0, 0.05) is 0 Å². The van der Waals surface area contributed by atoms with Gasteiger partial charge in [-0.15, -0.1) is 11.3 Å². The summed E-state index contributed by atoms with van der Waals surface area (Å²) in [6, 6.07) is 10.7. The van der Waals surface area contributed by atoms with E-state index in [0.29, 0.717) is 10.8 Å². The van der Waals surface area contributed by atoms with E-state index in [2.05, 4.69) is 19.2 Å². The van der Waals surface area contributed by atoms with Crippen molar-refractivity contribution in [1.29, 1.82) is 0 Å². The lowest BCUT2D eigenvalue weighted by Gasteiger charge is -2.18. The summed E-state index contributed by atoms with van der Waals surface area (Å²) in [5, 5.41) is 13.7. The summed E-state index contributed by atoms with van der Waals surface area (Å²) >= 11 is 1.33. The number of nitrogens with one attached hydrogen (secondary N) is 1. The summed E-state index contributed by atoms with van der Waals surface area (Å²) in [5.41, 5.74) is 1.99. The number of amides is 1. The summed E-state index contributed by atoms with van der Waals surface area (Å²) in [7, 11) is 0. The maximum atomic E-state index is 12.2. The van der Waals surface area contributed by atoms with Gasteiger partial charge in [-0.05, 0) is 28.5 Å². The van der Waals surface area contributed by atoms with E-state index in [1.807, 2.05) is 29.6 Å². The lowest BCUT2D eigenvalue weighted by molar-refractivity contribution is -0.137. The highest BCUT2D eigenvalue weighted by atomic mass is 32.1. The number of rotatable bonds is 6. The maximum Gasteiger partial charge on any atom is 0.305 e. The van der Waals surface area contributed by atoms with Gasteiger partial charge in [0.2, 0.25) is 0 Å². The van der Waals surface area contributed by atoms with Crippen LogP contribution in [0.5, 0.6) is 0 Å². The topological polar surface area (TPSA) is 66.4 Å². The quantitative estimate of drug-likeness (QED) is 0.851. The van der Waals surface area contributed by atoms with Crippen molar-refractivity contribution in [1.82, 2.24) is 5.32 Å². The van der Waals surface area contributed by atoms with Gasteiger partial charge in [0.25, 0.3) is 5.91 Å². The summed E-state index contributed by atoms with van der Waals surface area (Å²) in [6.07, 6.45) is -0.141. The van der Waals surface area contributed by atoms with Crippen molar-refractivity contribution in [2.75, 3.05) is 0 Å².